The molecule has 0 spiro atoms. The number of rotatable bonds is 4. The number of carbonyl (C=O) groups excluding carboxylic acids is 2. The molecule has 104 valence electrons. The second-order valence-electron chi connectivity index (χ2n) is 5.52. The molecule has 0 fully saturated rings. The first kappa shape index (κ1) is 15.9. The van der Waals surface area contributed by atoms with Gasteiger partial charge in [-0.25, -0.2) is 0 Å². The number of hydrogen-bond donors (Lipinski definition) is 1. The highest BCUT2D eigenvalue weighted by molar-refractivity contribution is 6.89. The Bertz CT molecular complexity index is 521. The number of ketones is 1. The number of amides is 1. The van der Waals surface area contributed by atoms with E-state index in [1.54, 1.807) is 6.07 Å². The lowest BCUT2D eigenvalue weighted by molar-refractivity contribution is 0.0957. The molecule has 1 aromatic rings. The van der Waals surface area contributed by atoms with Crippen molar-refractivity contribution in [3.8, 4) is 0 Å². The van der Waals surface area contributed by atoms with Gasteiger partial charge in [0.25, 0.3) is 5.91 Å². The van der Waals surface area contributed by atoms with Crippen molar-refractivity contribution < 1.29 is 9.59 Å². The number of hydrogen-bond acceptors (Lipinski definition) is 2. The smallest absolute Gasteiger partial charge is 0.252 e. The summed E-state index contributed by atoms with van der Waals surface area (Å²) < 4.78 is 0. The first-order valence-corrected chi connectivity index (χ1v) is 10.2. The molecule has 0 saturated carbocycles. The lowest BCUT2D eigenvalue weighted by Gasteiger charge is -2.22. The summed E-state index contributed by atoms with van der Waals surface area (Å²) >= 11 is 6.29. The molecule has 0 heterocycles. The Morgan fingerprint density at radius 3 is 2.26 bits per heavy atom. The summed E-state index contributed by atoms with van der Waals surface area (Å²) in [5, 5.41) is 4.03. The third-order valence-electron chi connectivity index (χ3n) is 2.89. The quantitative estimate of drug-likeness (QED) is 0.686. The minimum Gasteiger partial charge on any atom is -0.352 e. The van der Waals surface area contributed by atoms with Crippen LogP contribution in [0.25, 0.3) is 0 Å². The van der Waals surface area contributed by atoms with Crippen molar-refractivity contribution in [2.24, 2.45) is 0 Å². The second-order valence-corrected chi connectivity index (χ2v) is 10.9. The highest BCUT2D eigenvalue weighted by Gasteiger charge is 2.27. The Hall–Kier alpha value is -1.13. The molecule has 1 rings (SSSR count). The van der Waals surface area contributed by atoms with E-state index in [4.69, 9.17) is 11.6 Å². The fourth-order valence-corrected chi connectivity index (χ4v) is 3.98. The third kappa shape index (κ3) is 3.45. The minimum atomic E-state index is -1.72. The van der Waals surface area contributed by atoms with Gasteiger partial charge in [-0.1, -0.05) is 37.3 Å². The summed E-state index contributed by atoms with van der Waals surface area (Å²) in [5.74, 6) is -0.328. The average molecular weight is 298 g/mol. The van der Waals surface area contributed by atoms with Gasteiger partial charge in [-0.3, -0.25) is 9.59 Å². The number of Topliss-reactive ketones (excluding diaryl/α,β-unsaturated/α-hetero) is 1. The van der Waals surface area contributed by atoms with Crippen molar-refractivity contribution in [2.45, 2.75) is 33.5 Å². The van der Waals surface area contributed by atoms with Gasteiger partial charge >= 0.3 is 0 Å². The SMILES string of the molecule is CCNC(=O)c1c([Si](C)(C)C)ccc(C(C)=O)c1Cl. The van der Waals surface area contributed by atoms with E-state index in [0.717, 1.165) is 5.19 Å². The number of carbonyl (C=O) groups is 2. The molecule has 0 bridgehead atoms. The first-order valence-electron chi connectivity index (χ1n) is 6.32. The largest absolute Gasteiger partial charge is 0.352 e. The van der Waals surface area contributed by atoms with Crippen LogP contribution in [0.5, 0.6) is 0 Å². The van der Waals surface area contributed by atoms with Crippen LogP contribution in [-0.4, -0.2) is 26.3 Å². The number of nitrogens with one attached hydrogen (secondary N) is 1. The van der Waals surface area contributed by atoms with Crippen LogP contribution in [0.3, 0.4) is 0 Å². The predicted molar refractivity (Wildman–Crippen MR) is 82.4 cm³/mol. The van der Waals surface area contributed by atoms with Crippen molar-refractivity contribution in [1.29, 1.82) is 0 Å². The zero-order valence-corrected chi connectivity index (χ0v) is 13.8. The molecule has 0 saturated heterocycles. The van der Waals surface area contributed by atoms with Gasteiger partial charge < -0.3 is 5.32 Å². The Kier molecular flexibility index (Phi) is 4.93. The fourth-order valence-electron chi connectivity index (χ4n) is 1.94. The van der Waals surface area contributed by atoms with Crippen molar-refractivity contribution in [3.63, 3.8) is 0 Å². The Balaban J connectivity index is 3.55. The van der Waals surface area contributed by atoms with Gasteiger partial charge in [0.05, 0.1) is 18.7 Å². The summed E-state index contributed by atoms with van der Waals surface area (Å²) in [6, 6.07) is 3.60. The van der Waals surface area contributed by atoms with E-state index < -0.39 is 8.07 Å². The maximum Gasteiger partial charge on any atom is 0.252 e. The molecule has 0 aliphatic rings. The Morgan fingerprint density at radius 2 is 1.84 bits per heavy atom. The lowest BCUT2D eigenvalue weighted by Crippen LogP contribution is -2.44. The van der Waals surface area contributed by atoms with E-state index in [2.05, 4.69) is 25.0 Å². The van der Waals surface area contributed by atoms with E-state index in [9.17, 15) is 9.59 Å². The van der Waals surface area contributed by atoms with E-state index in [0.29, 0.717) is 17.7 Å². The van der Waals surface area contributed by atoms with Gasteiger partial charge in [0.2, 0.25) is 0 Å². The van der Waals surface area contributed by atoms with Gasteiger partial charge in [0.1, 0.15) is 0 Å². The average Bonchev–Trinajstić information content (AvgIpc) is 2.26. The molecule has 5 heteroatoms. The van der Waals surface area contributed by atoms with E-state index in [1.165, 1.54) is 6.92 Å². The molecular weight excluding hydrogens is 278 g/mol. The van der Waals surface area contributed by atoms with Crippen LogP contribution in [0, 0.1) is 0 Å². The normalized spacial score (nSPS) is 11.3. The monoisotopic (exact) mass is 297 g/mol. The van der Waals surface area contributed by atoms with Crippen molar-refractivity contribution >= 4 is 36.6 Å². The molecule has 1 aromatic carbocycles. The Morgan fingerprint density at radius 1 is 1.26 bits per heavy atom. The van der Waals surface area contributed by atoms with Crippen LogP contribution < -0.4 is 10.5 Å². The van der Waals surface area contributed by atoms with Crippen LogP contribution in [0.4, 0.5) is 0 Å². The molecule has 0 aliphatic carbocycles. The molecule has 0 aromatic heterocycles. The molecule has 0 unspecified atom stereocenters. The predicted octanol–water partition coefficient (Wildman–Crippen LogP) is 2.84. The molecule has 3 nitrogen and oxygen atoms in total. The maximum atomic E-state index is 12.2. The summed E-state index contributed by atoms with van der Waals surface area (Å²) in [6.45, 7) is 10.3. The van der Waals surface area contributed by atoms with Crippen LogP contribution >= 0.6 is 11.6 Å². The van der Waals surface area contributed by atoms with Crippen molar-refractivity contribution in [2.75, 3.05) is 6.54 Å². The van der Waals surface area contributed by atoms with Crippen LogP contribution in [0.2, 0.25) is 24.7 Å². The summed E-state index contributed by atoms with van der Waals surface area (Å²) in [5.41, 5.74) is 0.875. The third-order valence-corrected chi connectivity index (χ3v) is 5.32. The highest BCUT2D eigenvalue weighted by Crippen LogP contribution is 2.23. The van der Waals surface area contributed by atoms with Crippen molar-refractivity contribution in [3.05, 3.63) is 28.3 Å². The second kappa shape index (κ2) is 5.88. The van der Waals surface area contributed by atoms with Gasteiger partial charge in [0, 0.05) is 12.1 Å². The molecule has 0 aliphatic heterocycles. The summed E-state index contributed by atoms with van der Waals surface area (Å²) in [6.07, 6.45) is 0. The lowest BCUT2D eigenvalue weighted by atomic mass is 10.1. The maximum absolute atomic E-state index is 12.2. The molecule has 19 heavy (non-hydrogen) atoms. The first-order chi connectivity index (χ1) is 8.70. The summed E-state index contributed by atoms with van der Waals surface area (Å²) in [4.78, 5) is 23.8. The molecule has 1 amide bonds. The van der Waals surface area contributed by atoms with Gasteiger partial charge in [-0.2, -0.15) is 0 Å². The summed E-state index contributed by atoms with van der Waals surface area (Å²) in [7, 11) is -1.72. The van der Waals surface area contributed by atoms with E-state index in [-0.39, 0.29) is 16.7 Å². The molecule has 0 atom stereocenters. The molecule has 0 radical (unpaired) electrons. The standard InChI is InChI=1S/C14H20ClNO2Si/c1-6-16-14(18)12-11(19(3,4)5)8-7-10(9(2)17)13(12)15/h7-8H,6H2,1-5H3,(H,16,18). The van der Waals surface area contributed by atoms with Crippen LogP contribution in [0.1, 0.15) is 34.6 Å². The number of halogens is 1. The van der Waals surface area contributed by atoms with E-state index in [1.807, 2.05) is 13.0 Å². The van der Waals surface area contributed by atoms with Gasteiger partial charge in [-0.15, -0.1) is 0 Å². The number of benzene rings is 1. The van der Waals surface area contributed by atoms with Gasteiger partial charge in [-0.05, 0) is 25.1 Å². The zero-order valence-electron chi connectivity index (χ0n) is 12.1. The van der Waals surface area contributed by atoms with Crippen molar-refractivity contribution in [1.82, 2.24) is 5.32 Å². The zero-order chi connectivity index (χ0) is 14.8. The fraction of sp³-hybridized carbons (Fsp3) is 0.429. The van der Waals surface area contributed by atoms with E-state index >= 15 is 0 Å². The van der Waals surface area contributed by atoms with Crippen LogP contribution in [0.15, 0.2) is 12.1 Å². The molecular formula is C14H20ClNO2Si. The highest BCUT2D eigenvalue weighted by atomic mass is 35.5. The Labute approximate surface area is 120 Å². The van der Waals surface area contributed by atoms with Gasteiger partial charge in [0.15, 0.2) is 5.78 Å². The van der Waals surface area contributed by atoms with Crippen LogP contribution in [-0.2, 0) is 0 Å². The molecule has 1 N–H and O–H groups in total. The minimum absolute atomic E-state index is 0.127. The topological polar surface area (TPSA) is 46.2 Å².